The zero-order valence-electron chi connectivity index (χ0n) is 20.2. The molecule has 35 heavy (non-hydrogen) atoms. The van der Waals surface area contributed by atoms with E-state index in [1.807, 2.05) is 62.4 Å². The molecule has 0 amide bonds. The molecule has 0 aliphatic heterocycles. The lowest BCUT2D eigenvalue weighted by Crippen LogP contribution is -2.10. The maximum absolute atomic E-state index is 13.5. The van der Waals surface area contributed by atoms with Gasteiger partial charge in [-0.15, -0.1) is 10.2 Å². The highest BCUT2D eigenvalue weighted by Crippen LogP contribution is 2.42. The number of aryl methyl sites for hydroxylation is 2. The van der Waals surface area contributed by atoms with Gasteiger partial charge in [0.15, 0.2) is 17.3 Å². The maximum Gasteiger partial charge on any atom is 0.277 e. The van der Waals surface area contributed by atoms with Crippen LogP contribution in [-0.4, -0.2) is 37.3 Å². The van der Waals surface area contributed by atoms with E-state index in [-0.39, 0.29) is 16.9 Å². The number of nitrogens with zero attached hydrogens (tertiary/aromatic N) is 2. The summed E-state index contributed by atoms with van der Waals surface area (Å²) in [7, 11) is 4.62. The number of ketones is 1. The molecule has 0 radical (unpaired) electrons. The van der Waals surface area contributed by atoms with Crippen LogP contribution in [0.5, 0.6) is 17.2 Å². The van der Waals surface area contributed by atoms with E-state index in [0.717, 1.165) is 16.7 Å². The topological polar surface area (TPSA) is 83.7 Å². The van der Waals surface area contributed by atoms with Crippen molar-refractivity contribution in [1.29, 1.82) is 0 Å². The lowest BCUT2D eigenvalue weighted by molar-refractivity contribution is 0.0989. The second-order valence-corrected chi connectivity index (χ2v) is 8.98. The number of methoxy groups -OCH3 is 3. The normalized spacial score (nSPS) is 11.7. The summed E-state index contributed by atoms with van der Waals surface area (Å²) < 4.78 is 22.2. The molecule has 3 aromatic carbocycles. The first-order valence-electron chi connectivity index (χ1n) is 10.9. The van der Waals surface area contributed by atoms with Crippen molar-refractivity contribution in [1.82, 2.24) is 10.2 Å². The van der Waals surface area contributed by atoms with Crippen molar-refractivity contribution in [2.24, 2.45) is 0 Å². The van der Waals surface area contributed by atoms with Gasteiger partial charge in [-0.2, -0.15) is 0 Å². The van der Waals surface area contributed by atoms with E-state index in [2.05, 4.69) is 10.2 Å². The van der Waals surface area contributed by atoms with E-state index in [1.54, 1.807) is 26.4 Å². The Balaban J connectivity index is 1.67. The second-order valence-electron chi connectivity index (χ2n) is 7.93. The molecule has 0 N–H and O–H groups in total. The third-order valence-electron chi connectivity index (χ3n) is 5.49. The van der Waals surface area contributed by atoms with Crippen LogP contribution in [0.3, 0.4) is 0 Å². The molecule has 7 nitrogen and oxygen atoms in total. The molecule has 0 saturated carbocycles. The van der Waals surface area contributed by atoms with Crippen LogP contribution in [0.25, 0.3) is 11.5 Å². The van der Waals surface area contributed by atoms with Crippen molar-refractivity contribution >= 4 is 17.5 Å². The molecule has 0 bridgehead atoms. The minimum absolute atomic E-state index is 0.0358. The third kappa shape index (κ3) is 5.33. The van der Waals surface area contributed by atoms with Crippen molar-refractivity contribution in [3.05, 3.63) is 82.9 Å². The molecule has 0 aliphatic carbocycles. The third-order valence-corrected chi connectivity index (χ3v) is 6.58. The second kappa shape index (κ2) is 10.7. The average Bonchev–Trinajstić information content (AvgIpc) is 3.35. The molecule has 8 heteroatoms. The van der Waals surface area contributed by atoms with Crippen LogP contribution < -0.4 is 14.2 Å². The fraction of sp³-hybridized carbons (Fsp3) is 0.222. The highest BCUT2D eigenvalue weighted by Gasteiger charge is 2.26. The Morgan fingerprint density at radius 1 is 0.829 bits per heavy atom. The Morgan fingerprint density at radius 3 is 1.94 bits per heavy atom. The van der Waals surface area contributed by atoms with Crippen molar-refractivity contribution in [2.75, 3.05) is 21.3 Å². The van der Waals surface area contributed by atoms with Crippen LogP contribution in [0, 0.1) is 13.8 Å². The molecular formula is C27H26N2O5S. The number of thioether (sulfide) groups is 1. The number of ether oxygens (including phenoxy) is 3. The van der Waals surface area contributed by atoms with Gasteiger partial charge < -0.3 is 18.6 Å². The van der Waals surface area contributed by atoms with E-state index >= 15 is 0 Å². The predicted octanol–water partition coefficient (Wildman–Crippen LogP) is 6.10. The van der Waals surface area contributed by atoms with E-state index in [1.165, 1.54) is 18.9 Å². The fourth-order valence-corrected chi connectivity index (χ4v) is 4.52. The number of benzene rings is 3. The fourth-order valence-electron chi connectivity index (χ4n) is 3.56. The van der Waals surface area contributed by atoms with Crippen LogP contribution in [0.1, 0.15) is 32.3 Å². The van der Waals surface area contributed by atoms with E-state index in [4.69, 9.17) is 18.6 Å². The molecule has 1 aromatic heterocycles. The Morgan fingerprint density at radius 2 is 1.40 bits per heavy atom. The monoisotopic (exact) mass is 490 g/mol. The van der Waals surface area contributed by atoms with Gasteiger partial charge in [0.2, 0.25) is 11.6 Å². The van der Waals surface area contributed by atoms with Crippen LogP contribution >= 0.6 is 11.8 Å². The number of aromatic nitrogens is 2. The van der Waals surface area contributed by atoms with Gasteiger partial charge in [-0.3, -0.25) is 4.79 Å². The minimum Gasteiger partial charge on any atom is -0.493 e. The number of carbonyl (C=O) groups excluding carboxylic acids is 1. The summed E-state index contributed by atoms with van der Waals surface area (Å²) >= 11 is 1.22. The summed E-state index contributed by atoms with van der Waals surface area (Å²) in [5.74, 6) is 1.65. The Kier molecular flexibility index (Phi) is 7.41. The highest BCUT2D eigenvalue weighted by molar-refractivity contribution is 8.00. The number of hydrogen-bond acceptors (Lipinski definition) is 8. The van der Waals surface area contributed by atoms with E-state index in [9.17, 15) is 4.79 Å². The largest absolute Gasteiger partial charge is 0.493 e. The van der Waals surface area contributed by atoms with Crippen molar-refractivity contribution in [2.45, 2.75) is 24.3 Å². The summed E-state index contributed by atoms with van der Waals surface area (Å²) in [4.78, 5) is 13.5. The molecule has 0 fully saturated rings. The number of carbonyl (C=O) groups is 1. The first-order chi connectivity index (χ1) is 16.9. The van der Waals surface area contributed by atoms with Crippen LogP contribution in [0.15, 0.2) is 70.3 Å². The van der Waals surface area contributed by atoms with Gasteiger partial charge in [0.1, 0.15) is 5.25 Å². The number of Topliss-reactive ketones (excluding diaryl/α,β-unsaturated/α-hetero) is 1. The number of rotatable bonds is 9. The Labute approximate surface area is 208 Å². The summed E-state index contributed by atoms with van der Waals surface area (Å²) in [6, 6.07) is 18.9. The van der Waals surface area contributed by atoms with Crippen molar-refractivity contribution in [3.8, 4) is 28.7 Å². The van der Waals surface area contributed by atoms with Gasteiger partial charge in [0.25, 0.3) is 5.22 Å². The summed E-state index contributed by atoms with van der Waals surface area (Å²) in [6.07, 6.45) is 0. The van der Waals surface area contributed by atoms with Gasteiger partial charge in [0.05, 0.1) is 21.3 Å². The molecule has 180 valence electrons. The van der Waals surface area contributed by atoms with Crippen LogP contribution in [0.4, 0.5) is 0 Å². The highest BCUT2D eigenvalue weighted by atomic mass is 32.2. The Bertz CT molecular complexity index is 1290. The molecule has 0 unspecified atom stereocenters. The van der Waals surface area contributed by atoms with Crippen molar-refractivity contribution in [3.63, 3.8) is 0 Å². The standard InChI is InChI=1S/C27H26N2O5S/c1-16-6-10-18(11-7-16)23(30)25(19-12-8-17(2)9-13-19)35-27-29-28-26(34-27)20-14-21(31-3)24(33-5)22(15-20)32-4/h6-15,25H,1-5H3/t25-/m0/s1. The van der Waals surface area contributed by atoms with Gasteiger partial charge in [-0.05, 0) is 43.3 Å². The molecule has 0 aliphatic rings. The smallest absolute Gasteiger partial charge is 0.277 e. The van der Waals surface area contributed by atoms with Gasteiger partial charge in [-0.25, -0.2) is 0 Å². The molecule has 0 spiro atoms. The van der Waals surface area contributed by atoms with Gasteiger partial charge >= 0.3 is 0 Å². The van der Waals surface area contributed by atoms with Crippen LogP contribution in [-0.2, 0) is 0 Å². The molecule has 4 aromatic rings. The SMILES string of the molecule is COc1cc(-c2nnc(S[C@H](C(=O)c3ccc(C)cc3)c3ccc(C)cc3)o2)cc(OC)c1OC. The first-order valence-corrected chi connectivity index (χ1v) is 11.8. The Hall–Kier alpha value is -3.78. The summed E-state index contributed by atoms with van der Waals surface area (Å²) in [6.45, 7) is 4.00. The molecule has 0 saturated heterocycles. The van der Waals surface area contributed by atoms with Gasteiger partial charge in [0, 0.05) is 11.1 Å². The molecule has 1 atom stereocenters. The minimum atomic E-state index is -0.549. The van der Waals surface area contributed by atoms with Crippen molar-refractivity contribution < 1.29 is 23.4 Å². The maximum atomic E-state index is 13.5. The van der Waals surface area contributed by atoms with Crippen LogP contribution in [0.2, 0.25) is 0 Å². The zero-order valence-corrected chi connectivity index (χ0v) is 21.0. The summed E-state index contributed by atoms with van der Waals surface area (Å²) in [5, 5.41) is 8.13. The lowest BCUT2D eigenvalue weighted by atomic mass is 10.0. The lowest BCUT2D eigenvalue weighted by Gasteiger charge is -2.15. The van der Waals surface area contributed by atoms with Gasteiger partial charge in [-0.1, -0.05) is 59.7 Å². The predicted molar refractivity (Wildman–Crippen MR) is 135 cm³/mol. The first kappa shape index (κ1) is 24.3. The van der Waals surface area contributed by atoms with E-state index < -0.39 is 5.25 Å². The molecular weight excluding hydrogens is 464 g/mol. The number of hydrogen-bond donors (Lipinski definition) is 0. The summed E-state index contributed by atoms with van der Waals surface area (Å²) in [5.41, 5.74) is 4.29. The molecule has 1 heterocycles. The molecule has 4 rings (SSSR count). The average molecular weight is 491 g/mol. The van der Waals surface area contributed by atoms with E-state index in [0.29, 0.717) is 28.4 Å². The zero-order chi connectivity index (χ0) is 24.9. The quantitative estimate of drug-likeness (QED) is 0.206.